The van der Waals surface area contributed by atoms with Crippen LogP contribution in [0.5, 0.6) is 0 Å². The molecule has 1 aromatic carbocycles. The molecule has 0 aliphatic heterocycles. The number of aromatic amines is 1. The monoisotopic (exact) mass is 266 g/mol. The van der Waals surface area contributed by atoms with Gasteiger partial charge in [-0.05, 0) is 29.0 Å². The van der Waals surface area contributed by atoms with E-state index in [1.54, 1.807) is 12.3 Å². The number of aromatic nitrogens is 5. The number of pyridine rings is 1. The van der Waals surface area contributed by atoms with E-state index in [4.69, 9.17) is 0 Å². The maximum Gasteiger partial charge on any atom is 0.270 e. The molecule has 7 nitrogen and oxygen atoms in total. The third-order valence-electron chi connectivity index (χ3n) is 2.68. The molecule has 0 bridgehead atoms. The predicted molar refractivity (Wildman–Crippen MR) is 73.6 cm³/mol. The number of hydrogen-bond acceptors (Lipinski definition) is 5. The summed E-state index contributed by atoms with van der Waals surface area (Å²) in [4.78, 5) is 15.9. The number of hydrogen-bond donors (Lipinski definition) is 2. The van der Waals surface area contributed by atoms with Gasteiger partial charge in [0.15, 0.2) is 0 Å². The quantitative estimate of drug-likeness (QED) is 0.698. The molecule has 2 N–H and O–H groups in total. The molecule has 0 saturated carbocycles. The molecule has 0 aliphatic rings. The molecule has 2 heterocycles. The highest BCUT2D eigenvalue weighted by Gasteiger charge is 2.02. The van der Waals surface area contributed by atoms with Gasteiger partial charge in [-0.3, -0.25) is 15.1 Å². The van der Waals surface area contributed by atoms with E-state index < -0.39 is 0 Å². The van der Waals surface area contributed by atoms with Gasteiger partial charge < -0.3 is 0 Å². The van der Waals surface area contributed by atoms with Gasteiger partial charge in [0.25, 0.3) is 11.9 Å². The number of carbonyl (C=O) groups is 1. The van der Waals surface area contributed by atoms with Crippen molar-refractivity contribution in [3.63, 3.8) is 0 Å². The highest BCUT2D eigenvalue weighted by Crippen LogP contribution is 2.17. The van der Waals surface area contributed by atoms with Gasteiger partial charge in [0.1, 0.15) is 0 Å². The van der Waals surface area contributed by atoms with E-state index >= 15 is 0 Å². The molecule has 0 saturated heterocycles. The van der Waals surface area contributed by atoms with Crippen LogP contribution in [0.2, 0.25) is 0 Å². The molecule has 98 valence electrons. The maximum atomic E-state index is 11.7. The fourth-order valence-electron chi connectivity index (χ4n) is 1.80. The third-order valence-corrected chi connectivity index (χ3v) is 2.68. The summed E-state index contributed by atoms with van der Waals surface area (Å²) in [6.45, 7) is 0. The predicted octanol–water partition coefficient (Wildman–Crippen LogP) is 1.40. The number of amides is 1. The molecule has 1 amide bonds. The number of H-pyrrole nitrogens is 1. The zero-order valence-corrected chi connectivity index (χ0v) is 10.3. The van der Waals surface area contributed by atoms with Gasteiger partial charge in [-0.1, -0.05) is 23.3 Å². The fourth-order valence-corrected chi connectivity index (χ4v) is 1.80. The summed E-state index contributed by atoms with van der Waals surface area (Å²) in [7, 11) is 0. The van der Waals surface area contributed by atoms with Gasteiger partial charge in [0.2, 0.25) is 0 Å². The van der Waals surface area contributed by atoms with Crippen molar-refractivity contribution in [3.05, 3.63) is 48.2 Å². The molecule has 2 aromatic heterocycles. The Hall–Kier alpha value is -3.09. The molecule has 0 aliphatic carbocycles. The van der Waals surface area contributed by atoms with Crippen molar-refractivity contribution in [2.45, 2.75) is 0 Å². The molecule has 3 aromatic rings. The average molecular weight is 266 g/mol. The summed E-state index contributed by atoms with van der Waals surface area (Å²) >= 11 is 0. The second kappa shape index (κ2) is 5.27. The van der Waals surface area contributed by atoms with E-state index in [0.717, 1.165) is 16.5 Å². The Kier molecular flexibility index (Phi) is 3.15. The van der Waals surface area contributed by atoms with Crippen LogP contribution in [0.3, 0.4) is 0 Å². The first-order valence-corrected chi connectivity index (χ1v) is 5.89. The SMILES string of the molecule is O=C(C=Cc1ccnc2ccccc12)Nc1nn[nH]n1. The Morgan fingerprint density at radius 1 is 1.25 bits per heavy atom. The lowest BCUT2D eigenvalue weighted by Gasteiger charge is -2.00. The Labute approximate surface area is 113 Å². The van der Waals surface area contributed by atoms with E-state index in [1.165, 1.54) is 6.08 Å². The third kappa shape index (κ3) is 2.51. The summed E-state index contributed by atoms with van der Waals surface area (Å²) in [5.74, 6) is -0.188. The van der Waals surface area contributed by atoms with Crippen molar-refractivity contribution >= 4 is 28.8 Å². The second-order valence-corrected chi connectivity index (χ2v) is 3.98. The topological polar surface area (TPSA) is 96.5 Å². The van der Waals surface area contributed by atoms with Gasteiger partial charge in [-0.2, -0.15) is 5.21 Å². The Bertz CT molecular complexity index is 760. The number of carbonyl (C=O) groups excluding carboxylic acids is 1. The largest absolute Gasteiger partial charge is 0.288 e. The van der Waals surface area contributed by atoms with Crippen LogP contribution in [-0.2, 0) is 4.79 Å². The molecule has 7 heteroatoms. The number of fused-ring (bicyclic) bond motifs is 1. The lowest BCUT2D eigenvalue weighted by atomic mass is 10.1. The lowest BCUT2D eigenvalue weighted by Crippen LogP contribution is -2.09. The minimum atomic E-state index is -0.327. The molecule has 0 unspecified atom stereocenters. The van der Waals surface area contributed by atoms with Crippen LogP contribution >= 0.6 is 0 Å². The van der Waals surface area contributed by atoms with Crippen LogP contribution < -0.4 is 5.32 Å². The number of nitrogens with one attached hydrogen (secondary N) is 2. The van der Waals surface area contributed by atoms with Crippen LogP contribution in [-0.4, -0.2) is 31.5 Å². The van der Waals surface area contributed by atoms with Gasteiger partial charge in [-0.15, -0.1) is 5.10 Å². The summed E-state index contributed by atoms with van der Waals surface area (Å²) in [5.41, 5.74) is 1.80. The van der Waals surface area contributed by atoms with Crippen molar-refractivity contribution < 1.29 is 4.79 Å². The Morgan fingerprint density at radius 2 is 2.15 bits per heavy atom. The number of para-hydroxylation sites is 1. The maximum absolute atomic E-state index is 11.7. The van der Waals surface area contributed by atoms with Crippen molar-refractivity contribution in [1.82, 2.24) is 25.6 Å². The minimum Gasteiger partial charge on any atom is -0.288 e. The highest BCUT2D eigenvalue weighted by molar-refractivity contribution is 6.02. The molecular formula is C13H10N6O. The van der Waals surface area contributed by atoms with E-state index in [9.17, 15) is 4.79 Å². The summed E-state index contributed by atoms with van der Waals surface area (Å²) in [5, 5.41) is 16.4. The molecule has 0 spiro atoms. The molecule has 20 heavy (non-hydrogen) atoms. The molecular weight excluding hydrogens is 256 g/mol. The van der Waals surface area contributed by atoms with Crippen molar-refractivity contribution in [1.29, 1.82) is 0 Å². The minimum absolute atomic E-state index is 0.138. The van der Waals surface area contributed by atoms with E-state index in [2.05, 4.69) is 30.9 Å². The molecule has 0 fully saturated rings. The molecule has 0 atom stereocenters. The number of tetrazole rings is 1. The number of anilines is 1. The normalized spacial score (nSPS) is 11.0. The highest BCUT2D eigenvalue weighted by atomic mass is 16.1. The fraction of sp³-hybridized carbons (Fsp3) is 0. The smallest absolute Gasteiger partial charge is 0.270 e. The summed E-state index contributed by atoms with van der Waals surface area (Å²) < 4.78 is 0. The van der Waals surface area contributed by atoms with E-state index in [1.807, 2.05) is 30.3 Å². The zero-order valence-electron chi connectivity index (χ0n) is 10.3. The van der Waals surface area contributed by atoms with Crippen molar-refractivity contribution in [2.24, 2.45) is 0 Å². The first-order chi connectivity index (χ1) is 9.83. The number of nitrogens with zero attached hydrogens (tertiary/aromatic N) is 4. The van der Waals surface area contributed by atoms with Crippen LogP contribution in [0.4, 0.5) is 5.95 Å². The Morgan fingerprint density at radius 3 is 3.00 bits per heavy atom. The first kappa shape index (κ1) is 12.0. The second-order valence-electron chi connectivity index (χ2n) is 3.98. The molecule has 3 rings (SSSR count). The summed E-state index contributed by atoms with van der Waals surface area (Å²) in [6, 6.07) is 9.58. The van der Waals surface area contributed by atoms with Crippen LogP contribution in [0.15, 0.2) is 42.6 Å². The first-order valence-electron chi connectivity index (χ1n) is 5.89. The standard InChI is InChI=1S/C13H10N6O/c20-12(15-13-16-18-19-17-13)6-5-9-7-8-14-11-4-2-1-3-10(9)11/h1-8H,(H2,15,16,17,18,19,20). The van der Waals surface area contributed by atoms with Gasteiger partial charge in [0.05, 0.1) is 5.52 Å². The van der Waals surface area contributed by atoms with Crippen LogP contribution in [0.1, 0.15) is 5.56 Å². The van der Waals surface area contributed by atoms with E-state index in [0.29, 0.717) is 0 Å². The van der Waals surface area contributed by atoms with E-state index in [-0.39, 0.29) is 11.9 Å². The zero-order chi connectivity index (χ0) is 13.8. The summed E-state index contributed by atoms with van der Waals surface area (Å²) in [6.07, 6.45) is 4.84. The lowest BCUT2D eigenvalue weighted by molar-refractivity contribution is -0.111. The number of rotatable bonds is 3. The van der Waals surface area contributed by atoms with Crippen LogP contribution in [0, 0.1) is 0 Å². The van der Waals surface area contributed by atoms with Gasteiger partial charge >= 0.3 is 0 Å². The van der Waals surface area contributed by atoms with Crippen molar-refractivity contribution in [3.8, 4) is 0 Å². The number of benzene rings is 1. The van der Waals surface area contributed by atoms with Crippen LogP contribution in [0.25, 0.3) is 17.0 Å². The van der Waals surface area contributed by atoms with Crippen molar-refractivity contribution in [2.75, 3.05) is 5.32 Å². The van der Waals surface area contributed by atoms with Gasteiger partial charge in [0, 0.05) is 17.7 Å². The Balaban J connectivity index is 1.82. The van der Waals surface area contributed by atoms with Gasteiger partial charge in [-0.25, -0.2) is 0 Å². The average Bonchev–Trinajstić information content (AvgIpc) is 2.98. The molecule has 0 radical (unpaired) electrons.